The highest BCUT2D eigenvalue weighted by atomic mass is 32.2. The molecule has 0 saturated carbocycles. The normalized spacial score (nSPS) is 15.0. The largest absolute Gasteiger partial charge is 0.481 e. The molecule has 38 heavy (non-hydrogen) atoms. The molecule has 0 aromatic rings. The maximum absolute atomic E-state index is 12.3. The van der Waals surface area contributed by atoms with E-state index >= 15 is 0 Å². The predicted octanol–water partition coefficient (Wildman–Crippen LogP) is 5.65. The van der Waals surface area contributed by atoms with Gasteiger partial charge in [0, 0.05) is 18.4 Å². The molecule has 9 heteroatoms. The van der Waals surface area contributed by atoms with Crippen LogP contribution in [0.5, 0.6) is 0 Å². The molecular weight excluding hydrogens is 504 g/mol. The van der Waals surface area contributed by atoms with E-state index in [0.29, 0.717) is 5.75 Å². The molecule has 0 aliphatic carbocycles. The average Bonchev–Trinajstić information content (AvgIpc) is 2.79. The lowest BCUT2D eigenvalue weighted by atomic mass is 9.91. The van der Waals surface area contributed by atoms with E-state index in [4.69, 9.17) is 5.11 Å². The van der Waals surface area contributed by atoms with E-state index < -0.39 is 42.3 Å². The molecule has 220 valence electrons. The molecule has 0 saturated heterocycles. The standard InChI is InChI=1S/C29H52N2O6S/c1-20(2)10-7-11-21(3)12-8-13-22(4)14-9-15-23(5)16-17-38-19-26(29(36)37)31-28(35)25(18-27(33)34)30-24(6)32/h16,20-22,25-26H,7-15,17-19H2,1-6H3,(H,30,32)(H,31,35)(H,33,34)(H,36,37)/b23-16+. The van der Waals surface area contributed by atoms with Crippen molar-refractivity contribution in [3.8, 4) is 0 Å². The molecule has 0 bridgehead atoms. The monoisotopic (exact) mass is 556 g/mol. The molecule has 0 radical (unpaired) electrons. The Hall–Kier alpha value is -2.03. The van der Waals surface area contributed by atoms with Crippen molar-refractivity contribution in [2.45, 2.75) is 118 Å². The second-order valence-electron chi connectivity index (χ2n) is 11.2. The van der Waals surface area contributed by atoms with Crippen LogP contribution < -0.4 is 10.6 Å². The van der Waals surface area contributed by atoms with Crippen molar-refractivity contribution in [1.29, 1.82) is 0 Å². The van der Waals surface area contributed by atoms with Gasteiger partial charge in [-0.2, -0.15) is 11.8 Å². The van der Waals surface area contributed by atoms with E-state index in [9.17, 15) is 24.3 Å². The number of carboxylic acids is 2. The summed E-state index contributed by atoms with van der Waals surface area (Å²) >= 11 is 1.38. The number of carbonyl (C=O) groups excluding carboxylic acids is 2. The highest BCUT2D eigenvalue weighted by molar-refractivity contribution is 7.99. The maximum Gasteiger partial charge on any atom is 0.327 e. The summed E-state index contributed by atoms with van der Waals surface area (Å²) in [6.07, 6.45) is 12.8. The zero-order valence-electron chi connectivity index (χ0n) is 24.4. The smallest absolute Gasteiger partial charge is 0.327 e. The molecule has 0 spiro atoms. The maximum atomic E-state index is 12.3. The Morgan fingerprint density at radius 3 is 1.84 bits per heavy atom. The summed E-state index contributed by atoms with van der Waals surface area (Å²) in [5.41, 5.74) is 1.27. The first kappa shape index (κ1) is 36.0. The molecule has 0 fully saturated rings. The van der Waals surface area contributed by atoms with Crippen LogP contribution >= 0.6 is 11.8 Å². The number of amides is 2. The van der Waals surface area contributed by atoms with Crippen LogP contribution in [0.25, 0.3) is 0 Å². The lowest BCUT2D eigenvalue weighted by Crippen LogP contribution is -2.52. The van der Waals surface area contributed by atoms with Crippen LogP contribution in [-0.2, 0) is 19.2 Å². The van der Waals surface area contributed by atoms with Gasteiger partial charge in [0.25, 0.3) is 0 Å². The van der Waals surface area contributed by atoms with Gasteiger partial charge in [-0.25, -0.2) is 4.79 Å². The van der Waals surface area contributed by atoms with E-state index in [-0.39, 0.29) is 5.75 Å². The highest BCUT2D eigenvalue weighted by Crippen LogP contribution is 2.22. The van der Waals surface area contributed by atoms with Crippen LogP contribution in [0, 0.1) is 17.8 Å². The minimum Gasteiger partial charge on any atom is -0.481 e. The van der Waals surface area contributed by atoms with E-state index in [0.717, 1.165) is 30.6 Å². The molecule has 8 nitrogen and oxygen atoms in total. The molecule has 0 aromatic heterocycles. The third-order valence-electron chi connectivity index (χ3n) is 6.66. The third-order valence-corrected chi connectivity index (χ3v) is 7.63. The fourth-order valence-electron chi connectivity index (χ4n) is 4.27. The van der Waals surface area contributed by atoms with Gasteiger partial charge in [0.15, 0.2) is 0 Å². The quantitative estimate of drug-likeness (QED) is 0.1000. The number of thioether (sulfide) groups is 1. The van der Waals surface area contributed by atoms with Crippen molar-refractivity contribution in [2.75, 3.05) is 11.5 Å². The van der Waals surface area contributed by atoms with Crippen LogP contribution in [0.15, 0.2) is 11.6 Å². The molecule has 2 amide bonds. The number of carboxylic acid groups (broad SMARTS) is 2. The van der Waals surface area contributed by atoms with Gasteiger partial charge in [0.2, 0.25) is 11.8 Å². The Morgan fingerprint density at radius 1 is 0.789 bits per heavy atom. The van der Waals surface area contributed by atoms with Crippen LogP contribution in [-0.4, -0.2) is 57.6 Å². The van der Waals surface area contributed by atoms with E-state index in [1.807, 2.05) is 0 Å². The number of hydrogen-bond donors (Lipinski definition) is 4. The highest BCUT2D eigenvalue weighted by Gasteiger charge is 2.27. The van der Waals surface area contributed by atoms with E-state index in [1.165, 1.54) is 69.2 Å². The fourth-order valence-corrected chi connectivity index (χ4v) is 5.27. The molecule has 0 heterocycles. The Labute approximate surface area is 234 Å². The van der Waals surface area contributed by atoms with Crippen LogP contribution in [0.2, 0.25) is 0 Å². The van der Waals surface area contributed by atoms with Gasteiger partial charge >= 0.3 is 11.9 Å². The molecule has 0 aliphatic heterocycles. The zero-order valence-corrected chi connectivity index (χ0v) is 25.2. The Bertz CT molecular complexity index is 739. The van der Waals surface area contributed by atoms with E-state index in [2.05, 4.69) is 51.3 Å². The first-order valence-corrected chi connectivity index (χ1v) is 15.2. The lowest BCUT2D eigenvalue weighted by Gasteiger charge is -2.19. The fraction of sp³-hybridized carbons (Fsp3) is 0.793. The van der Waals surface area contributed by atoms with Crippen LogP contribution in [0.4, 0.5) is 0 Å². The van der Waals surface area contributed by atoms with E-state index in [1.54, 1.807) is 0 Å². The number of carbonyl (C=O) groups is 4. The minimum absolute atomic E-state index is 0.137. The van der Waals surface area contributed by atoms with Crippen molar-refractivity contribution in [1.82, 2.24) is 10.6 Å². The van der Waals surface area contributed by atoms with Gasteiger partial charge in [-0.15, -0.1) is 0 Å². The van der Waals surface area contributed by atoms with Gasteiger partial charge in [-0.05, 0) is 37.5 Å². The summed E-state index contributed by atoms with van der Waals surface area (Å²) < 4.78 is 0. The molecule has 4 N–H and O–H groups in total. The van der Waals surface area contributed by atoms with Crippen molar-refractivity contribution in [3.63, 3.8) is 0 Å². The summed E-state index contributed by atoms with van der Waals surface area (Å²) in [7, 11) is 0. The average molecular weight is 557 g/mol. The Balaban J connectivity index is 4.29. The molecular formula is C29H52N2O6S. The lowest BCUT2D eigenvalue weighted by molar-refractivity contribution is -0.142. The predicted molar refractivity (Wildman–Crippen MR) is 155 cm³/mol. The van der Waals surface area contributed by atoms with Gasteiger partial charge in [0.1, 0.15) is 12.1 Å². The second-order valence-corrected chi connectivity index (χ2v) is 12.3. The number of nitrogens with one attached hydrogen (secondary N) is 2. The molecule has 0 aromatic carbocycles. The van der Waals surface area contributed by atoms with Gasteiger partial charge in [-0.1, -0.05) is 84.3 Å². The van der Waals surface area contributed by atoms with Crippen molar-refractivity contribution in [2.24, 2.45) is 17.8 Å². The first-order valence-electron chi connectivity index (χ1n) is 14.1. The number of aliphatic carboxylic acids is 2. The SMILES string of the molecule is CC(=O)NC(CC(=O)O)C(=O)NC(CSC/C=C(\C)CCCC(C)CCCC(C)CCCC(C)C)C(=O)O. The summed E-state index contributed by atoms with van der Waals surface area (Å²) in [6, 6.07) is -2.50. The Morgan fingerprint density at radius 2 is 1.34 bits per heavy atom. The number of rotatable bonds is 22. The Kier molecular flexibility index (Phi) is 19.8. The minimum atomic E-state index is -1.32. The van der Waals surface area contributed by atoms with Crippen molar-refractivity contribution in [3.05, 3.63) is 11.6 Å². The molecule has 4 atom stereocenters. The summed E-state index contributed by atoms with van der Waals surface area (Å²) in [5, 5.41) is 23.0. The summed E-state index contributed by atoms with van der Waals surface area (Å²) in [4.78, 5) is 46.1. The van der Waals surface area contributed by atoms with Gasteiger partial charge < -0.3 is 20.8 Å². The van der Waals surface area contributed by atoms with Crippen molar-refractivity contribution < 1.29 is 29.4 Å². The topological polar surface area (TPSA) is 133 Å². The van der Waals surface area contributed by atoms with Crippen LogP contribution in [0.1, 0.15) is 106 Å². The first-order chi connectivity index (χ1) is 17.8. The zero-order chi connectivity index (χ0) is 29.1. The van der Waals surface area contributed by atoms with Gasteiger partial charge in [0.05, 0.1) is 6.42 Å². The molecule has 0 aliphatic rings. The molecule has 4 unspecified atom stereocenters. The van der Waals surface area contributed by atoms with Crippen molar-refractivity contribution >= 4 is 35.5 Å². The number of allylic oxidation sites excluding steroid dienone is 1. The van der Waals surface area contributed by atoms with Crippen LogP contribution in [0.3, 0.4) is 0 Å². The third kappa shape index (κ3) is 20.0. The number of hydrogen-bond acceptors (Lipinski definition) is 5. The molecule has 0 rings (SSSR count). The van der Waals surface area contributed by atoms with Gasteiger partial charge in [-0.3, -0.25) is 14.4 Å². The second kappa shape index (κ2) is 20.9. The summed E-state index contributed by atoms with van der Waals surface area (Å²) in [6.45, 7) is 12.6. The summed E-state index contributed by atoms with van der Waals surface area (Å²) in [5.74, 6) is -0.753.